The summed E-state index contributed by atoms with van der Waals surface area (Å²) in [5.41, 5.74) is 2.08. The Hall–Kier alpha value is -2.51. The molecule has 2 aromatic carbocycles. The van der Waals surface area contributed by atoms with E-state index in [0.29, 0.717) is 42.6 Å². The molecule has 0 atom stereocenters. The Morgan fingerprint density at radius 1 is 1.19 bits per heavy atom. The lowest BCUT2D eigenvalue weighted by Gasteiger charge is -2.26. The zero-order chi connectivity index (χ0) is 18.1. The largest absolute Gasteiger partial charge is 0.467 e. The van der Waals surface area contributed by atoms with Crippen molar-refractivity contribution in [3.63, 3.8) is 0 Å². The van der Waals surface area contributed by atoms with E-state index in [2.05, 4.69) is 4.90 Å². The van der Waals surface area contributed by atoms with E-state index in [1.807, 2.05) is 6.07 Å². The number of nitro benzene ring substituents is 1. The van der Waals surface area contributed by atoms with Gasteiger partial charge in [-0.3, -0.25) is 15.0 Å². The Balaban J connectivity index is 1.64. The number of hydrogen-bond donors (Lipinski definition) is 0. The molecule has 2 aromatic rings. The molecule has 0 spiro atoms. The highest BCUT2D eigenvalue weighted by molar-refractivity contribution is 5.50. The number of non-ortho nitro benzene ring substituents is 1. The molecule has 2 aliphatic rings. The summed E-state index contributed by atoms with van der Waals surface area (Å²) in [4.78, 5) is 13.0. The third-order valence-electron chi connectivity index (χ3n) is 4.75. The van der Waals surface area contributed by atoms with E-state index in [0.717, 1.165) is 18.4 Å². The second-order valence-electron chi connectivity index (χ2n) is 6.69. The molecule has 136 valence electrons. The summed E-state index contributed by atoms with van der Waals surface area (Å²) < 4.78 is 24.9. The molecule has 0 N–H and O–H groups in total. The van der Waals surface area contributed by atoms with Gasteiger partial charge in [0.05, 0.1) is 11.5 Å². The second kappa shape index (κ2) is 7.01. The van der Waals surface area contributed by atoms with Crippen molar-refractivity contribution in [3.05, 3.63) is 69.0 Å². The summed E-state index contributed by atoms with van der Waals surface area (Å²) in [6.07, 6.45) is 2.10. The van der Waals surface area contributed by atoms with Crippen LogP contribution >= 0.6 is 0 Å². The average molecular weight is 358 g/mol. The van der Waals surface area contributed by atoms with Crippen LogP contribution in [0.5, 0.6) is 5.75 Å². The molecule has 0 unspecified atom stereocenters. The normalized spacial score (nSPS) is 16.2. The number of nitro groups is 1. The minimum absolute atomic E-state index is 0.0227. The van der Waals surface area contributed by atoms with Gasteiger partial charge in [0, 0.05) is 48.0 Å². The van der Waals surface area contributed by atoms with Crippen LogP contribution in [0.4, 0.5) is 10.1 Å². The summed E-state index contributed by atoms with van der Waals surface area (Å²) in [6, 6.07) is 10.1. The van der Waals surface area contributed by atoms with Gasteiger partial charge in [-0.2, -0.15) is 0 Å². The smallest absolute Gasteiger partial charge is 0.270 e. The van der Waals surface area contributed by atoms with Gasteiger partial charge in [-0.15, -0.1) is 0 Å². The molecule has 0 amide bonds. The molecule has 7 heteroatoms. The SMILES string of the molecule is O=[N+]([O-])c1cc2c(c(CN(Cc3ccccc3F)C3CC3)c1)OCOC2. The quantitative estimate of drug-likeness (QED) is 0.581. The molecule has 1 fully saturated rings. The van der Waals surface area contributed by atoms with Crippen LogP contribution in [0.1, 0.15) is 29.5 Å². The molecule has 0 bridgehead atoms. The summed E-state index contributed by atoms with van der Waals surface area (Å²) in [5.74, 6) is 0.421. The predicted octanol–water partition coefficient (Wildman–Crippen LogP) is 3.77. The number of benzene rings is 2. The number of fused-ring (bicyclic) bond motifs is 1. The standard InChI is InChI=1S/C19H19FN2O4/c20-18-4-2-1-3-13(18)9-21(16-5-6-16)10-14-7-17(22(23)24)8-15-11-25-12-26-19(14)15/h1-4,7-8,16H,5-6,9-12H2. The molecule has 1 aliphatic heterocycles. The predicted molar refractivity (Wildman–Crippen MR) is 92.0 cm³/mol. The summed E-state index contributed by atoms with van der Waals surface area (Å²) in [5, 5.41) is 11.3. The Kier molecular flexibility index (Phi) is 4.57. The lowest BCUT2D eigenvalue weighted by molar-refractivity contribution is -0.385. The number of hydrogen-bond acceptors (Lipinski definition) is 5. The van der Waals surface area contributed by atoms with E-state index >= 15 is 0 Å². The second-order valence-corrected chi connectivity index (χ2v) is 6.69. The Labute approximate surface area is 150 Å². The van der Waals surface area contributed by atoms with Gasteiger partial charge in [0.2, 0.25) is 0 Å². The van der Waals surface area contributed by atoms with Crippen molar-refractivity contribution in [3.8, 4) is 5.75 Å². The Morgan fingerprint density at radius 3 is 2.69 bits per heavy atom. The van der Waals surface area contributed by atoms with E-state index < -0.39 is 4.92 Å². The van der Waals surface area contributed by atoms with Crippen molar-refractivity contribution in [1.82, 2.24) is 4.90 Å². The zero-order valence-corrected chi connectivity index (χ0v) is 14.2. The molecule has 1 aliphatic carbocycles. The van der Waals surface area contributed by atoms with Gasteiger partial charge in [-0.25, -0.2) is 4.39 Å². The van der Waals surface area contributed by atoms with E-state index in [1.54, 1.807) is 18.2 Å². The number of rotatable bonds is 6. The lowest BCUT2D eigenvalue weighted by Crippen LogP contribution is -2.26. The highest BCUT2D eigenvalue weighted by atomic mass is 19.1. The van der Waals surface area contributed by atoms with Gasteiger partial charge in [-0.05, 0) is 18.9 Å². The van der Waals surface area contributed by atoms with Crippen LogP contribution in [0.3, 0.4) is 0 Å². The first-order chi connectivity index (χ1) is 12.6. The molecule has 4 rings (SSSR count). The highest BCUT2D eigenvalue weighted by Gasteiger charge is 2.31. The highest BCUT2D eigenvalue weighted by Crippen LogP contribution is 2.36. The zero-order valence-electron chi connectivity index (χ0n) is 14.2. The molecule has 0 aromatic heterocycles. The van der Waals surface area contributed by atoms with Crippen molar-refractivity contribution >= 4 is 5.69 Å². The molecular formula is C19H19FN2O4. The minimum atomic E-state index is -0.406. The van der Waals surface area contributed by atoms with E-state index in [9.17, 15) is 14.5 Å². The molecular weight excluding hydrogens is 339 g/mol. The molecule has 26 heavy (non-hydrogen) atoms. The molecule has 0 saturated heterocycles. The maximum Gasteiger partial charge on any atom is 0.270 e. The van der Waals surface area contributed by atoms with Gasteiger partial charge >= 0.3 is 0 Å². The topological polar surface area (TPSA) is 64.8 Å². The van der Waals surface area contributed by atoms with Crippen LogP contribution in [-0.4, -0.2) is 22.7 Å². The van der Waals surface area contributed by atoms with Crippen molar-refractivity contribution in [2.75, 3.05) is 6.79 Å². The van der Waals surface area contributed by atoms with Gasteiger partial charge in [0.1, 0.15) is 11.6 Å². The fourth-order valence-electron chi connectivity index (χ4n) is 3.32. The van der Waals surface area contributed by atoms with Crippen molar-refractivity contribution in [2.24, 2.45) is 0 Å². The lowest BCUT2D eigenvalue weighted by atomic mass is 10.1. The summed E-state index contributed by atoms with van der Waals surface area (Å²) in [7, 11) is 0. The van der Waals surface area contributed by atoms with Crippen molar-refractivity contribution in [1.29, 1.82) is 0 Å². The maximum absolute atomic E-state index is 14.1. The maximum atomic E-state index is 14.1. The van der Waals surface area contributed by atoms with E-state index in [1.165, 1.54) is 12.1 Å². The molecule has 1 heterocycles. The average Bonchev–Trinajstić information content (AvgIpc) is 3.48. The van der Waals surface area contributed by atoms with Crippen LogP contribution in [0, 0.1) is 15.9 Å². The van der Waals surface area contributed by atoms with Crippen molar-refractivity contribution in [2.45, 2.75) is 38.6 Å². The number of ether oxygens (including phenoxy) is 2. The van der Waals surface area contributed by atoms with Crippen LogP contribution < -0.4 is 4.74 Å². The summed E-state index contributed by atoms with van der Waals surface area (Å²) in [6.45, 7) is 1.36. The first-order valence-electron chi connectivity index (χ1n) is 8.60. The Bertz CT molecular complexity index is 838. The number of nitrogens with zero attached hydrogens (tertiary/aromatic N) is 2. The monoisotopic (exact) mass is 358 g/mol. The van der Waals surface area contributed by atoms with Gasteiger partial charge in [0.15, 0.2) is 6.79 Å². The van der Waals surface area contributed by atoms with E-state index in [-0.39, 0.29) is 18.3 Å². The van der Waals surface area contributed by atoms with Gasteiger partial charge < -0.3 is 9.47 Å². The van der Waals surface area contributed by atoms with Crippen LogP contribution in [-0.2, 0) is 24.4 Å². The molecule has 1 saturated carbocycles. The third kappa shape index (κ3) is 3.54. The van der Waals surface area contributed by atoms with Crippen LogP contribution in [0.2, 0.25) is 0 Å². The fraction of sp³-hybridized carbons (Fsp3) is 0.368. The van der Waals surface area contributed by atoms with Crippen LogP contribution in [0.15, 0.2) is 36.4 Å². The van der Waals surface area contributed by atoms with E-state index in [4.69, 9.17) is 9.47 Å². The minimum Gasteiger partial charge on any atom is -0.467 e. The summed E-state index contributed by atoms with van der Waals surface area (Å²) >= 11 is 0. The molecule has 6 nitrogen and oxygen atoms in total. The van der Waals surface area contributed by atoms with Crippen molar-refractivity contribution < 1.29 is 18.8 Å². The number of halogens is 1. The fourth-order valence-corrected chi connectivity index (χ4v) is 3.32. The first-order valence-corrected chi connectivity index (χ1v) is 8.60. The molecule has 0 radical (unpaired) electrons. The third-order valence-corrected chi connectivity index (χ3v) is 4.75. The van der Waals surface area contributed by atoms with Gasteiger partial charge in [-0.1, -0.05) is 18.2 Å². The first kappa shape index (κ1) is 16.9. The van der Waals surface area contributed by atoms with Gasteiger partial charge in [0.25, 0.3) is 5.69 Å². The van der Waals surface area contributed by atoms with Crippen LogP contribution in [0.25, 0.3) is 0 Å². The Morgan fingerprint density at radius 2 is 1.96 bits per heavy atom.